The Bertz CT molecular complexity index is 1130. The van der Waals surface area contributed by atoms with Crippen LogP contribution in [0.4, 0.5) is 0 Å². The van der Waals surface area contributed by atoms with Crippen LogP contribution < -0.4 is 10.9 Å². The molecule has 0 aliphatic rings. The van der Waals surface area contributed by atoms with Crippen molar-refractivity contribution in [1.29, 1.82) is 0 Å². The molecule has 0 aliphatic carbocycles. The van der Waals surface area contributed by atoms with Crippen LogP contribution in [0.5, 0.6) is 0 Å². The van der Waals surface area contributed by atoms with Gasteiger partial charge in [-0.2, -0.15) is 9.61 Å². The molecule has 28 heavy (non-hydrogen) atoms. The zero-order valence-corrected chi connectivity index (χ0v) is 16.7. The maximum absolute atomic E-state index is 12.4. The Labute approximate surface area is 167 Å². The number of rotatable bonds is 6. The molecule has 0 bridgehead atoms. The Morgan fingerprint density at radius 3 is 2.50 bits per heavy atom. The van der Waals surface area contributed by atoms with E-state index < -0.39 is 0 Å². The summed E-state index contributed by atoms with van der Waals surface area (Å²) >= 11 is 1.47. The van der Waals surface area contributed by atoms with Crippen LogP contribution in [-0.2, 0) is 13.0 Å². The Morgan fingerprint density at radius 1 is 1.07 bits per heavy atom. The summed E-state index contributed by atoms with van der Waals surface area (Å²) in [5.74, 6) is 0. The topological polar surface area (TPSA) is 59.3 Å². The number of benzene rings is 2. The van der Waals surface area contributed by atoms with Gasteiger partial charge in [-0.15, -0.1) is 0 Å². The SMILES string of the molecule is CCc1nn2c(=O)cc(CN[C@@H](c3ccccc3)c3ccc(C)cc3)nc2s1. The molecule has 0 amide bonds. The van der Waals surface area contributed by atoms with E-state index in [4.69, 9.17) is 0 Å². The molecule has 0 radical (unpaired) electrons. The van der Waals surface area contributed by atoms with E-state index in [1.54, 1.807) is 6.07 Å². The van der Waals surface area contributed by atoms with Crippen LogP contribution in [0.1, 0.15) is 40.4 Å². The van der Waals surface area contributed by atoms with E-state index in [0.29, 0.717) is 11.5 Å². The lowest BCUT2D eigenvalue weighted by Crippen LogP contribution is -2.24. The van der Waals surface area contributed by atoms with E-state index in [9.17, 15) is 4.79 Å². The molecule has 0 spiro atoms. The second kappa shape index (κ2) is 8.04. The molecular formula is C22H22N4OS. The summed E-state index contributed by atoms with van der Waals surface area (Å²) in [6, 6.07) is 20.4. The molecule has 2 aromatic carbocycles. The number of hydrogen-bond acceptors (Lipinski definition) is 5. The third kappa shape index (κ3) is 3.88. The minimum Gasteiger partial charge on any atom is -0.301 e. The van der Waals surface area contributed by atoms with Gasteiger partial charge in [-0.05, 0) is 24.5 Å². The zero-order chi connectivity index (χ0) is 19.5. The maximum Gasteiger partial charge on any atom is 0.275 e. The number of nitrogens with one attached hydrogen (secondary N) is 1. The van der Waals surface area contributed by atoms with Gasteiger partial charge in [-0.1, -0.05) is 78.4 Å². The lowest BCUT2D eigenvalue weighted by atomic mass is 9.98. The normalized spacial score (nSPS) is 12.4. The van der Waals surface area contributed by atoms with Gasteiger partial charge in [0.1, 0.15) is 5.01 Å². The number of nitrogens with zero attached hydrogens (tertiary/aromatic N) is 3. The van der Waals surface area contributed by atoms with Gasteiger partial charge in [-0.3, -0.25) is 4.79 Å². The third-order valence-electron chi connectivity index (χ3n) is 4.67. The molecule has 6 heteroatoms. The minimum absolute atomic E-state index is 0.0229. The number of fused-ring (bicyclic) bond motifs is 1. The fourth-order valence-corrected chi connectivity index (χ4v) is 4.03. The smallest absolute Gasteiger partial charge is 0.275 e. The van der Waals surface area contributed by atoms with Crippen molar-refractivity contribution in [2.24, 2.45) is 0 Å². The summed E-state index contributed by atoms with van der Waals surface area (Å²) in [5, 5.41) is 8.80. The van der Waals surface area contributed by atoms with E-state index in [0.717, 1.165) is 17.1 Å². The van der Waals surface area contributed by atoms with Gasteiger partial charge < -0.3 is 5.32 Å². The summed E-state index contributed by atoms with van der Waals surface area (Å²) in [6.07, 6.45) is 0.796. The van der Waals surface area contributed by atoms with Crippen molar-refractivity contribution in [3.8, 4) is 0 Å². The van der Waals surface area contributed by atoms with Crippen molar-refractivity contribution in [1.82, 2.24) is 19.9 Å². The van der Waals surface area contributed by atoms with Gasteiger partial charge in [0.25, 0.3) is 5.56 Å². The van der Waals surface area contributed by atoms with Crippen molar-refractivity contribution in [3.63, 3.8) is 0 Å². The predicted molar refractivity (Wildman–Crippen MR) is 113 cm³/mol. The lowest BCUT2D eigenvalue weighted by molar-refractivity contribution is 0.596. The number of aromatic nitrogens is 3. The van der Waals surface area contributed by atoms with Crippen LogP contribution in [0.3, 0.4) is 0 Å². The van der Waals surface area contributed by atoms with Crippen LogP contribution in [0.15, 0.2) is 65.5 Å². The van der Waals surface area contributed by atoms with E-state index >= 15 is 0 Å². The molecular weight excluding hydrogens is 368 g/mol. The Kier molecular flexibility index (Phi) is 5.32. The van der Waals surface area contributed by atoms with Gasteiger partial charge in [0.05, 0.1) is 11.7 Å². The van der Waals surface area contributed by atoms with Crippen LogP contribution in [0.25, 0.3) is 4.96 Å². The van der Waals surface area contributed by atoms with Crippen molar-refractivity contribution in [2.75, 3.05) is 0 Å². The van der Waals surface area contributed by atoms with Gasteiger partial charge in [0.2, 0.25) is 4.96 Å². The molecule has 142 valence electrons. The quantitative estimate of drug-likeness (QED) is 0.542. The molecule has 4 rings (SSSR count). The molecule has 2 aromatic heterocycles. The van der Waals surface area contributed by atoms with Gasteiger partial charge in [0, 0.05) is 12.6 Å². The van der Waals surface area contributed by atoms with Crippen molar-refractivity contribution < 1.29 is 0 Å². The molecule has 0 aliphatic heterocycles. The van der Waals surface area contributed by atoms with Crippen molar-refractivity contribution in [3.05, 3.63) is 98.4 Å². The summed E-state index contributed by atoms with van der Waals surface area (Å²) in [6.45, 7) is 4.61. The average molecular weight is 391 g/mol. The monoisotopic (exact) mass is 390 g/mol. The maximum atomic E-state index is 12.4. The molecule has 0 fully saturated rings. The van der Waals surface area contributed by atoms with Crippen LogP contribution >= 0.6 is 11.3 Å². The predicted octanol–water partition coefficient (Wildman–Crippen LogP) is 3.90. The lowest BCUT2D eigenvalue weighted by Gasteiger charge is -2.20. The highest BCUT2D eigenvalue weighted by Gasteiger charge is 2.15. The summed E-state index contributed by atoms with van der Waals surface area (Å²) in [7, 11) is 0. The standard InChI is InChI=1S/C22H22N4OS/c1-3-19-25-26-20(27)13-18(24-22(26)28-19)14-23-21(16-7-5-4-6-8-16)17-11-9-15(2)10-12-17/h4-13,21,23H,3,14H2,1-2H3/t21-/m0/s1. The Hall–Kier alpha value is -2.83. The molecule has 1 N–H and O–H groups in total. The van der Waals surface area contributed by atoms with Gasteiger partial charge >= 0.3 is 0 Å². The van der Waals surface area contributed by atoms with Crippen LogP contribution in [0, 0.1) is 6.92 Å². The Morgan fingerprint density at radius 2 is 1.79 bits per heavy atom. The molecule has 2 heterocycles. The largest absolute Gasteiger partial charge is 0.301 e. The van der Waals surface area contributed by atoms with Gasteiger partial charge in [-0.25, -0.2) is 4.98 Å². The molecule has 5 nitrogen and oxygen atoms in total. The fourth-order valence-electron chi connectivity index (χ4n) is 3.17. The van der Waals surface area contributed by atoms with E-state index in [1.807, 2.05) is 25.1 Å². The highest BCUT2D eigenvalue weighted by atomic mass is 32.1. The number of aryl methyl sites for hydroxylation is 2. The summed E-state index contributed by atoms with van der Waals surface area (Å²) in [5.41, 5.74) is 4.18. The zero-order valence-electron chi connectivity index (χ0n) is 15.9. The summed E-state index contributed by atoms with van der Waals surface area (Å²) in [4.78, 5) is 17.7. The van der Waals surface area contributed by atoms with Crippen molar-refractivity contribution in [2.45, 2.75) is 32.9 Å². The molecule has 0 saturated carbocycles. The second-order valence-electron chi connectivity index (χ2n) is 6.76. The Balaban J connectivity index is 1.63. The molecule has 0 saturated heterocycles. The van der Waals surface area contributed by atoms with E-state index in [-0.39, 0.29) is 11.6 Å². The minimum atomic E-state index is -0.135. The van der Waals surface area contributed by atoms with Gasteiger partial charge in [0.15, 0.2) is 0 Å². The fraction of sp³-hybridized carbons (Fsp3) is 0.227. The first-order chi connectivity index (χ1) is 13.6. The molecule has 1 atom stereocenters. The second-order valence-corrected chi connectivity index (χ2v) is 7.81. The first kappa shape index (κ1) is 18.5. The third-order valence-corrected chi connectivity index (χ3v) is 5.73. The summed E-state index contributed by atoms with van der Waals surface area (Å²) < 4.78 is 1.39. The van der Waals surface area contributed by atoms with Crippen LogP contribution in [-0.4, -0.2) is 14.6 Å². The van der Waals surface area contributed by atoms with Crippen LogP contribution in [0.2, 0.25) is 0 Å². The number of hydrogen-bond donors (Lipinski definition) is 1. The highest BCUT2D eigenvalue weighted by molar-refractivity contribution is 7.16. The first-order valence-electron chi connectivity index (χ1n) is 9.37. The van der Waals surface area contributed by atoms with E-state index in [1.165, 1.54) is 32.5 Å². The average Bonchev–Trinajstić information content (AvgIpc) is 3.14. The van der Waals surface area contributed by atoms with Crippen molar-refractivity contribution >= 4 is 16.3 Å². The first-order valence-corrected chi connectivity index (χ1v) is 10.2. The molecule has 4 aromatic rings. The molecule has 0 unspecified atom stereocenters. The van der Waals surface area contributed by atoms with E-state index in [2.05, 4.69) is 58.7 Å². The highest BCUT2D eigenvalue weighted by Crippen LogP contribution is 2.23.